The van der Waals surface area contributed by atoms with Gasteiger partial charge in [-0.1, -0.05) is 43.5 Å². The second-order valence-corrected chi connectivity index (χ2v) is 11.7. The largest absolute Gasteiger partial charge is 0.345 e. The SMILES string of the molecule is CN[C@@H](C)C(=O)C[C@H](C(=O)N1CCC[C@H]1Cn1cc(-c2ccccc2C)c2cc(F)ccc21)C1CCCCC1. The molecule has 1 amide bonds. The minimum Gasteiger partial charge on any atom is -0.345 e. The first kappa shape index (κ1) is 27.6. The first-order valence-corrected chi connectivity index (χ1v) is 14.7. The summed E-state index contributed by atoms with van der Waals surface area (Å²) < 4.78 is 16.6. The van der Waals surface area contributed by atoms with Crippen molar-refractivity contribution < 1.29 is 14.0 Å². The van der Waals surface area contributed by atoms with Gasteiger partial charge in [0.15, 0.2) is 0 Å². The zero-order valence-corrected chi connectivity index (χ0v) is 23.6. The minimum absolute atomic E-state index is 0.0609. The number of likely N-dealkylation sites (tertiary alicyclic amines) is 1. The minimum atomic E-state index is -0.247. The van der Waals surface area contributed by atoms with Crippen LogP contribution in [0.3, 0.4) is 0 Å². The number of carbonyl (C=O) groups excluding carboxylic acids is 2. The summed E-state index contributed by atoms with van der Waals surface area (Å²) in [5.74, 6) is 0.0699. The number of likely N-dealkylation sites (N-methyl/N-ethyl adjacent to an activating group) is 1. The monoisotopic (exact) mass is 531 g/mol. The summed E-state index contributed by atoms with van der Waals surface area (Å²) in [5.41, 5.74) is 4.25. The van der Waals surface area contributed by atoms with Crippen LogP contribution in [0.1, 0.15) is 63.9 Å². The van der Waals surface area contributed by atoms with Crippen molar-refractivity contribution in [2.75, 3.05) is 13.6 Å². The third-order valence-corrected chi connectivity index (χ3v) is 9.22. The lowest BCUT2D eigenvalue weighted by atomic mass is 9.76. The second-order valence-electron chi connectivity index (χ2n) is 11.7. The molecule has 1 aliphatic carbocycles. The molecule has 2 aliphatic rings. The van der Waals surface area contributed by atoms with Crippen molar-refractivity contribution >= 4 is 22.6 Å². The number of nitrogens with zero attached hydrogens (tertiary/aromatic N) is 2. The second kappa shape index (κ2) is 12.0. The van der Waals surface area contributed by atoms with Gasteiger partial charge >= 0.3 is 0 Å². The van der Waals surface area contributed by atoms with Crippen molar-refractivity contribution in [3.63, 3.8) is 0 Å². The molecule has 0 spiro atoms. The summed E-state index contributed by atoms with van der Waals surface area (Å²) in [6.45, 7) is 5.37. The van der Waals surface area contributed by atoms with Crippen molar-refractivity contribution in [3.8, 4) is 11.1 Å². The van der Waals surface area contributed by atoms with E-state index >= 15 is 0 Å². The zero-order chi connectivity index (χ0) is 27.5. The summed E-state index contributed by atoms with van der Waals surface area (Å²) in [4.78, 5) is 29.2. The number of hydrogen-bond donors (Lipinski definition) is 1. The Labute approximate surface area is 231 Å². The number of fused-ring (bicyclic) bond motifs is 1. The van der Waals surface area contributed by atoms with Gasteiger partial charge in [-0.3, -0.25) is 9.59 Å². The van der Waals surface area contributed by atoms with Crippen LogP contribution in [0.5, 0.6) is 0 Å². The van der Waals surface area contributed by atoms with Crippen LogP contribution >= 0.6 is 0 Å². The lowest BCUT2D eigenvalue weighted by Gasteiger charge is -2.35. The number of carbonyl (C=O) groups is 2. The number of nitrogens with one attached hydrogen (secondary N) is 1. The van der Waals surface area contributed by atoms with Gasteiger partial charge in [-0.2, -0.15) is 0 Å². The van der Waals surface area contributed by atoms with Crippen LogP contribution in [0.2, 0.25) is 0 Å². The Morgan fingerprint density at radius 1 is 1.03 bits per heavy atom. The molecule has 6 heteroatoms. The van der Waals surface area contributed by atoms with Crippen molar-refractivity contribution in [1.82, 2.24) is 14.8 Å². The molecule has 0 unspecified atom stereocenters. The molecule has 1 saturated heterocycles. The third kappa shape index (κ3) is 5.81. The average molecular weight is 532 g/mol. The number of aryl methyl sites for hydroxylation is 1. The Kier molecular flexibility index (Phi) is 8.51. The number of Topliss-reactive ketones (excluding diaryl/α,β-unsaturated/α-hetero) is 1. The van der Waals surface area contributed by atoms with E-state index in [2.05, 4.69) is 40.0 Å². The van der Waals surface area contributed by atoms with E-state index in [0.29, 0.717) is 13.0 Å². The van der Waals surface area contributed by atoms with Crippen molar-refractivity contribution in [3.05, 3.63) is 60.0 Å². The Balaban J connectivity index is 1.43. The van der Waals surface area contributed by atoms with Gasteiger partial charge < -0.3 is 14.8 Å². The van der Waals surface area contributed by atoms with Gasteiger partial charge in [-0.25, -0.2) is 4.39 Å². The van der Waals surface area contributed by atoms with Crippen LogP contribution in [0.25, 0.3) is 22.0 Å². The van der Waals surface area contributed by atoms with Crippen molar-refractivity contribution in [2.24, 2.45) is 11.8 Å². The Hall–Kier alpha value is -2.99. The molecule has 0 bridgehead atoms. The molecule has 1 N–H and O–H groups in total. The van der Waals surface area contributed by atoms with Gasteiger partial charge in [0.25, 0.3) is 0 Å². The van der Waals surface area contributed by atoms with E-state index in [1.807, 2.05) is 25.1 Å². The van der Waals surface area contributed by atoms with E-state index in [4.69, 9.17) is 0 Å². The zero-order valence-electron chi connectivity index (χ0n) is 23.6. The molecule has 39 heavy (non-hydrogen) atoms. The van der Waals surface area contributed by atoms with Gasteiger partial charge in [0.05, 0.1) is 6.04 Å². The quantitative estimate of drug-likeness (QED) is 0.342. The van der Waals surface area contributed by atoms with E-state index in [1.54, 1.807) is 13.1 Å². The van der Waals surface area contributed by atoms with E-state index in [0.717, 1.165) is 72.7 Å². The maximum absolute atomic E-state index is 14.4. The Morgan fingerprint density at radius 3 is 2.54 bits per heavy atom. The predicted molar refractivity (Wildman–Crippen MR) is 155 cm³/mol. The van der Waals surface area contributed by atoms with Gasteiger partial charge in [-0.15, -0.1) is 0 Å². The summed E-state index contributed by atoms with van der Waals surface area (Å²) in [7, 11) is 1.80. The fourth-order valence-corrected chi connectivity index (χ4v) is 6.81. The van der Waals surface area contributed by atoms with Crippen LogP contribution in [-0.2, 0) is 16.1 Å². The molecule has 1 saturated carbocycles. The molecule has 1 aliphatic heterocycles. The number of amides is 1. The van der Waals surface area contributed by atoms with Gasteiger partial charge in [0.2, 0.25) is 5.91 Å². The van der Waals surface area contributed by atoms with Crippen LogP contribution in [0.4, 0.5) is 4.39 Å². The highest BCUT2D eigenvalue weighted by Crippen LogP contribution is 2.37. The average Bonchev–Trinajstić information content (AvgIpc) is 3.56. The fourth-order valence-electron chi connectivity index (χ4n) is 6.81. The molecular formula is C33H42FN3O2. The molecule has 3 aromatic rings. The van der Waals surface area contributed by atoms with E-state index < -0.39 is 0 Å². The number of rotatable bonds is 9. The lowest BCUT2D eigenvalue weighted by Crippen LogP contribution is -2.45. The van der Waals surface area contributed by atoms with E-state index in [9.17, 15) is 14.0 Å². The maximum atomic E-state index is 14.4. The molecule has 0 radical (unpaired) electrons. The van der Waals surface area contributed by atoms with Crippen LogP contribution < -0.4 is 5.32 Å². The first-order valence-electron chi connectivity index (χ1n) is 14.7. The number of benzene rings is 2. The molecule has 3 atom stereocenters. The molecule has 208 valence electrons. The fraction of sp³-hybridized carbons (Fsp3) is 0.515. The van der Waals surface area contributed by atoms with Gasteiger partial charge in [0, 0.05) is 54.1 Å². The van der Waals surface area contributed by atoms with Crippen LogP contribution in [0, 0.1) is 24.6 Å². The summed E-state index contributed by atoms with van der Waals surface area (Å²) in [6, 6.07) is 13.0. The molecule has 2 fully saturated rings. The highest BCUT2D eigenvalue weighted by atomic mass is 19.1. The highest BCUT2D eigenvalue weighted by molar-refractivity contribution is 5.97. The summed E-state index contributed by atoms with van der Waals surface area (Å²) in [5, 5.41) is 3.95. The molecule has 2 aromatic carbocycles. The smallest absolute Gasteiger partial charge is 0.226 e. The Bertz CT molecular complexity index is 1330. The third-order valence-electron chi connectivity index (χ3n) is 9.22. The lowest BCUT2D eigenvalue weighted by molar-refractivity contribution is -0.141. The van der Waals surface area contributed by atoms with Crippen LogP contribution in [0.15, 0.2) is 48.7 Å². The van der Waals surface area contributed by atoms with Crippen LogP contribution in [-0.4, -0.2) is 46.8 Å². The molecule has 2 heterocycles. The standard InChI is InChI=1S/C33H42FN3O2/c1-22-10-7-8-14-27(22)30-21-36(31-16-15-25(34)18-29(30)31)20-26-13-9-17-37(26)33(39)28(19-32(38)23(2)35-3)24-11-5-4-6-12-24/h7-8,10,14-16,18,21,23-24,26,28,35H,4-6,9,11-13,17,19-20H2,1-3H3/t23-,26-,28-/m0/s1. The highest BCUT2D eigenvalue weighted by Gasteiger charge is 2.39. The number of aromatic nitrogens is 1. The Morgan fingerprint density at radius 2 is 1.79 bits per heavy atom. The number of halogens is 1. The normalized spacial score (nSPS) is 19.9. The molecular weight excluding hydrogens is 489 g/mol. The van der Waals surface area contributed by atoms with Crippen molar-refractivity contribution in [1.29, 1.82) is 0 Å². The molecule has 1 aromatic heterocycles. The number of ketones is 1. The number of hydrogen-bond acceptors (Lipinski definition) is 3. The molecule has 5 rings (SSSR count). The summed E-state index contributed by atoms with van der Waals surface area (Å²) in [6.07, 6.45) is 9.91. The predicted octanol–water partition coefficient (Wildman–Crippen LogP) is 6.51. The first-order chi connectivity index (χ1) is 18.9. The molecule has 5 nitrogen and oxygen atoms in total. The van der Waals surface area contributed by atoms with Gasteiger partial charge in [-0.05, 0) is 81.8 Å². The van der Waals surface area contributed by atoms with E-state index in [-0.39, 0.29) is 41.4 Å². The van der Waals surface area contributed by atoms with Gasteiger partial charge in [0.1, 0.15) is 11.6 Å². The topological polar surface area (TPSA) is 54.3 Å². The summed E-state index contributed by atoms with van der Waals surface area (Å²) >= 11 is 0. The maximum Gasteiger partial charge on any atom is 0.226 e. The van der Waals surface area contributed by atoms with E-state index in [1.165, 1.54) is 12.5 Å². The van der Waals surface area contributed by atoms with Crippen molar-refractivity contribution in [2.45, 2.75) is 83.8 Å².